The summed E-state index contributed by atoms with van der Waals surface area (Å²) in [5.74, 6) is 1.42. The van der Waals surface area contributed by atoms with E-state index in [0.29, 0.717) is 17.5 Å². The molecule has 0 saturated carbocycles. The van der Waals surface area contributed by atoms with E-state index < -0.39 is 0 Å². The first kappa shape index (κ1) is 10.9. The predicted octanol–water partition coefficient (Wildman–Crippen LogP) is 2.38. The standard InChI is InChI=1S/C11H15N3O2/c1-11(2,3)8(12)9-13-10(16-14-9)7-5-4-6-15-7/h4-6,8H,12H2,1-3H3. The minimum atomic E-state index is -0.264. The third kappa shape index (κ3) is 1.99. The van der Waals surface area contributed by atoms with E-state index in [1.54, 1.807) is 18.4 Å². The molecule has 0 aliphatic rings. The lowest BCUT2D eigenvalue weighted by atomic mass is 9.87. The highest BCUT2D eigenvalue weighted by Crippen LogP contribution is 2.29. The number of aromatic nitrogens is 2. The Labute approximate surface area is 93.6 Å². The molecular weight excluding hydrogens is 206 g/mol. The van der Waals surface area contributed by atoms with Crippen LogP contribution in [0, 0.1) is 5.41 Å². The lowest BCUT2D eigenvalue weighted by molar-refractivity contribution is 0.303. The molecule has 0 aliphatic carbocycles. The van der Waals surface area contributed by atoms with Crippen LogP contribution in [0.3, 0.4) is 0 Å². The molecule has 1 atom stereocenters. The Kier molecular flexibility index (Phi) is 2.55. The van der Waals surface area contributed by atoms with Gasteiger partial charge in [0.2, 0.25) is 0 Å². The maximum atomic E-state index is 6.02. The van der Waals surface area contributed by atoms with E-state index in [4.69, 9.17) is 14.7 Å². The van der Waals surface area contributed by atoms with Gasteiger partial charge in [0, 0.05) is 0 Å². The summed E-state index contributed by atoms with van der Waals surface area (Å²) < 4.78 is 10.3. The number of furan rings is 1. The fourth-order valence-corrected chi connectivity index (χ4v) is 1.25. The Morgan fingerprint density at radius 1 is 1.38 bits per heavy atom. The molecule has 0 aliphatic heterocycles. The van der Waals surface area contributed by atoms with Crippen LogP contribution in [0.1, 0.15) is 32.6 Å². The van der Waals surface area contributed by atoms with Crippen molar-refractivity contribution in [1.82, 2.24) is 10.1 Å². The van der Waals surface area contributed by atoms with E-state index in [1.165, 1.54) is 0 Å². The van der Waals surface area contributed by atoms with Gasteiger partial charge in [-0.25, -0.2) is 0 Å². The molecule has 0 radical (unpaired) electrons. The Balaban J connectivity index is 2.27. The molecule has 16 heavy (non-hydrogen) atoms. The molecule has 5 heteroatoms. The number of hydrogen-bond donors (Lipinski definition) is 1. The van der Waals surface area contributed by atoms with Crippen molar-refractivity contribution >= 4 is 0 Å². The van der Waals surface area contributed by atoms with Crippen LogP contribution in [-0.4, -0.2) is 10.1 Å². The molecule has 0 amide bonds. The van der Waals surface area contributed by atoms with Crippen molar-refractivity contribution in [1.29, 1.82) is 0 Å². The molecule has 86 valence electrons. The summed E-state index contributed by atoms with van der Waals surface area (Å²) in [5.41, 5.74) is 5.92. The molecule has 2 N–H and O–H groups in total. The van der Waals surface area contributed by atoms with E-state index >= 15 is 0 Å². The summed E-state index contributed by atoms with van der Waals surface area (Å²) in [6.45, 7) is 6.09. The van der Waals surface area contributed by atoms with Crippen molar-refractivity contribution in [3.05, 3.63) is 24.2 Å². The Bertz CT molecular complexity index is 454. The third-order valence-electron chi connectivity index (χ3n) is 2.38. The summed E-state index contributed by atoms with van der Waals surface area (Å²) in [7, 11) is 0. The quantitative estimate of drug-likeness (QED) is 0.842. The zero-order chi connectivity index (χ0) is 11.8. The van der Waals surface area contributed by atoms with E-state index in [2.05, 4.69) is 10.1 Å². The monoisotopic (exact) mass is 221 g/mol. The van der Waals surface area contributed by atoms with Crippen LogP contribution in [0.25, 0.3) is 11.7 Å². The largest absolute Gasteiger partial charge is 0.459 e. The van der Waals surface area contributed by atoms with E-state index in [9.17, 15) is 0 Å². The van der Waals surface area contributed by atoms with Gasteiger partial charge in [0.25, 0.3) is 5.89 Å². The first-order valence-corrected chi connectivity index (χ1v) is 5.11. The zero-order valence-electron chi connectivity index (χ0n) is 9.60. The Hall–Kier alpha value is -1.62. The smallest absolute Gasteiger partial charge is 0.293 e. The van der Waals surface area contributed by atoms with Crippen molar-refractivity contribution in [2.75, 3.05) is 0 Å². The van der Waals surface area contributed by atoms with Crippen LogP contribution in [0.5, 0.6) is 0 Å². The second kappa shape index (κ2) is 3.75. The molecule has 1 unspecified atom stereocenters. The van der Waals surface area contributed by atoms with Gasteiger partial charge in [0.05, 0.1) is 12.3 Å². The molecule has 2 aromatic rings. The van der Waals surface area contributed by atoms with Gasteiger partial charge in [-0.3, -0.25) is 0 Å². The van der Waals surface area contributed by atoms with Crippen molar-refractivity contribution in [3.63, 3.8) is 0 Å². The van der Waals surface area contributed by atoms with Crippen LogP contribution < -0.4 is 5.73 Å². The molecule has 0 fully saturated rings. The average molecular weight is 221 g/mol. The molecule has 0 aromatic carbocycles. The van der Waals surface area contributed by atoms with Gasteiger partial charge >= 0.3 is 0 Å². The van der Waals surface area contributed by atoms with E-state index in [1.807, 2.05) is 20.8 Å². The summed E-state index contributed by atoms with van der Waals surface area (Å²) in [6, 6.07) is 3.27. The van der Waals surface area contributed by atoms with Crippen LogP contribution in [-0.2, 0) is 0 Å². The van der Waals surface area contributed by atoms with Gasteiger partial charge < -0.3 is 14.7 Å². The number of nitrogens with two attached hydrogens (primary N) is 1. The SMILES string of the molecule is CC(C)(C)C(N)c1noc(-c2ccco2)n1. The summed E-state index contributed by atoms with van der Waals surface area (Å²) in [5, 5.41) is 3.87. The van der Waals surface area contributed by atoms with Crippen molar-refractivity contribution in [3.8, 4) is 11.7 Å². The lowest BCUT2D eigenvalue weighted by Gasteiger charge is -2.23. The fourth-order valence-electron chi connectivity index (χ4n) is 1.25. The van der Waals surface area contributed by atoms with Gasteiger partial charge in [-0.15, -0.1) is 0 Å². The first-order chi connectivity index (χ1) is 7.48. The number of rotatable bonds is 2. The number of hydrogen-bond acceptors (Lipinski definition) is 5. The van der Waals surface area contributed by atoms with Crippen molar-refractivity contribution < 1.29 is 8.94 Å². The highest BCUT2D eigenvalue weighted by Gasteiger charge is 2.27. The molecule has 0 saturated heterocycles. The van der Waals surface area contributed by atoms with Gasteiger partial charge in [0.15, 0.2) is 11.6 Å². The minimum Gasteiger partial charge on any atom is -0.459 e. The Morgan fingerprint density at radius 3 is 2.69 bits per heavy atom. The van der Waals surface area contributed by atoms with Gasteiger partial charge in [-0.1, -0.05) is 25.9 Å². The van der Waals surface area contributed by atoms with Gasteiger partial charge in [-0.05, 0) is 17.5 Å². The average Bonchev–Trinajstić information content (AvgIpc) is 2.85. The van der Waals surface area contributed by atoms with E-state index in [-0.39, 0.29) is 11.5 Å². The second-order valence-corrected chi connectivity index (χ2v) is 4.78. The second-order valence-electron chi connectivity index (χ2n) is 4.78. The minimum absolute atomic E-state index is 0.107. The van der Waals surface area contributed by atoms with Crippen LogP contribution in [0.15, 0.2) is 27.3 Å². The van der Waals surface area contributed by atoms with Crippen LogP contribution in [0.4, 0.5) is 0 Å². The molecule has 5 nitrogen and oxygen atoms in total. The Morgan fingerprint density at radius 2 is 2.12 bits per heavy atom. The normalized spacial score (nSPS) is 14.0. The summed E-state index contributed by atoms with van der Waals surface area (Å²) in [4.78, 5) is 4.22. The third-order valence-corrected chi connectivity index (χ3v) is 2.38. The lowest BCUT2D eigenvalue weighted by Crippen LogP contribution is -2.27. The highest BCUT2D eigenvalue weighted by atomic mass is 16.5. The number of nitrogens with zero attached hydrogens (tertiary/aromatic N) is 2. The van der Waals surface area contributed by atoms with Crippen LogP contribution in [0.2, 0.25) is 0 Å². The maximum absolute atomic E-state index is 6.02. The molecule has 0 spiro atoms. The van der Waals surface area contributed by atoms with Gasteiger partial charge in [-0.2, -0.15) is 4.98 Å². The maximum Gasteiger partial charge on any atom is 0.293 e. The highest BCUT2D eigenvalue weighted by molar-refractivity contribution is 5.42. The van der Waals surface area contributed by atoms with Crippen molar-refractivity contribution in [2.45, 2.75) is 26.8 Å². The molecule has 0 bridgehead atoms. The summed E-state index contributed by atoms with van der Waals surface area (Å²) in [6.07, 6.45) is 1.56. The zero-order valence-corrected chi connectivity index (χ0v) is 9.60. The fraction of sp³-hybridized carbons (Fsp3) is 0.455. The van der Waals surface area contributed by atoms with E-state index in [0.717, 1.165) is 0 Å². The molecule has 2 heterocycles. The summed E-state index contributed by atoms with van der Waals surface area (Å²) >= 11 is 0. The first-order valence-electron chi connectivity index (χ1n) is 5.11. The topological polar surface area (TPSA) is 78.1 Å². The molecule has 2 aromatic heterocycles. The predicted molar refractivity (Wildman–Crippen MR) is 58.4 cm³/mol. The molecule has 2 rings (SSSR count). The van der Waals surface area contributed by atoms with Gasteiger partial charge in [0.1, 0.15) is 0 Å². The molecular formula is C11H15N3O2. The van der Waals surface area contributed by atoms with Crippen molar-refractivity contribution in [2.24, 2.45) is 11.1 Å². The van der Waals surface area contributed by atoms with Crippen LogP contribution >= 0.6 is 0 Å².